The van der Waals surface area contributed by atoms with Crippen molar-refractivity contribution < 1.29 is 8.42 Å². The highest BCUT2D eigenvalue weighted by Gasteiger charge is 2.10. The molecule has 1 rings (SSSR count). The fourth-order valence-corrected chi connectivity index (χ4v) is 3.18. The molecule has 0 aliphatic carbocycles. The van der Waals surface area contributed by atoms with Crippen molar-refractivity contribution in [1.29, 1.82) is 0 Å². The zero-order valence-electron chi connectivity index (χ0n) is 13.9. The van der Waals surface area contributed by atoms with Gasteiger partial charge in [-0.15, -0.1) is 0 Å². The molecule has 0 amide bonds. The summed E-state index contributed by atoms with van der Waals surface area (Å²) in [5.74, 6) is 0.765. The maximum Gasteiger partial charge on any atom is 0.191 e. The molecule has 0 saturated heterocycles. The molecule has 0 bridgehead atoms. The molecule has 0 aromatic heterocycles. The van der Waals surface area contributed by atoms with E-state index < -0.39 is 9.84 Å². The highest BCUT2D eigenvalue weighted by molar-refractivity contribution is 7.90. The molecule has 0 heterocycles. The molecule has 0 aliphatic heterocycles. The Labute approximate surface area is 134 Å². The van der Waals surface area contributed by atoms with Crippen LogP contribution in [0.5, 0.6) is 0 Å². The standard InChI is InChI=1S/C16H27N3O2S/c1-5-6-7-10-18-16(17-3)19-12-14-8-9-15(13(2)11-14)22(4,20)21/h8-9,11H,5-7,10,12H2,1-4H3,(H2,17,18,19). The van der Waals surface area contributed by atoms with Crippen LogP contribution in [0.1, 0.15) is 37.3 Å². The first-order valence-electron chi connectivity index (χ1n) is 7.62. The highest BCUT2D eigenvalue weighted by Crippen LogP contribution is 2.16. The summed E-state index contributed by atoms with van der Waals surface area (Å²) in [6.07, 6.45) is 4.75. The van der Waals surface area contributed by atoms with Crippen molar-refractivity contribution in [2.75, 3.05) is 19.8 Å². The van der Waals surface area contributed by atoms with Gasteiger partial charge in [-0.2, -0.15) is 0 Å². The largest absolute Gasteiger partial charge is 0.356 e. The van der Waals surface area contributed by atoms with Crippen molar-refractivity contribution in [3.63, 3.8) is 0 Å². The van der Waals surface area contributed by atoms with Crippen LogP contribution in [0.2, 0.25) is 0 Å². The van der Waals surface area contributed by atoms with Crippen LogP contribution in [0.15, 0.2) is 28.1 Å². The third-order valence-corrected chi connectivity index (χ3v) is 4.65. The first kappa shape index (κ1) is 18.5. The average molecular weight is 325 g/mol. The molecule has 22 heavy (non-hydrogen) atoms. The van der Waals surface area contributed by atoms with Gasteiger partial charge in [0.05, 0.1) is 4.90 Å². The van der Waals surface area contributed by atoms with Gasteiger partial charge in [0.2, 0.25) is 0 Å². The predicted octanol–water partition coefficient (Wildman–Crippen LogP) is 2.25. The number of nitrogens with zero attached hydrogens (tertiary/aromatic N) is 1. The molecule has 0 fully saturated rings. The quantitative estimate of drug-likeness (QED) is 0.458. The number of rotatable bonds is 7. The third-order valence-electron chi connectivity index (χ3n) is 3.40. The second-order valence-corrected chi connectivity index (χ2v) is 7.42. The fraction of sp³-hybridized carbons (Fsp3) is 0.562. The topological polar surface area (TPSA) is 70.6 Å². The zero-order chi connectivity index (χ0) is 16.6. The minimum atomic E-state index is -3.16. The lowest BCUT2D eigenvalue weighted by atomic mass is 10.1. The van der Waals surface area contributed by atoms with Crippen molar-refractivity contribution in [2.24, 2.45) is 4.99 Å². The summed E-state index contributed by atoms with van der Waals surface area (Å²) in [4.78, 5) is 4.57. The second-order valence-electron chi connectivity index (χ2n) is 5.43. The van der Waals surface area contributed by atoms with Gasteiger partial charge >= 0.3 is 0 Å². The summed E-state index contributed by atoms with van der Waals surface area (Å²) in [7, 11) is -1.42. The summed E-state index contributed by atoms with van der Waals surface area (Å²) in [6, 6.07) is 5.40. The molecule has 0 saturated carbocycles. The van der Waals surface area contributed by atoms with Gasteiger partial charge < -0.3 is 10.6 Å². The van der Waals surface area contributed by atoms with Gasteiger partial charge in [-0.25, -0.2) is 8.42 Å². The number of hydrogen-bond donors (Lipinski definition) is 2. The van der Waals surface area contributed by atoms with E-state index in [0.29, 0.717) is 11.4 Å². The van der Waals surface area contributed by atoms with E-state index in [-0.39, 0.29) is 0 Å². The summed E-state index contributed by atoms with van der Waals surface area (Å²) in [6.45, 7) is 5.51. The van der Waals surface area contributed by atoms with Gasteiger partial charge in [-0.05, 0) is 30.5 Å². The van der Waals surface area contributed by atoms with Crippen molar-refractivity contribution in [3.05, 3.63) is 29.3 Å². The maximum absolute atomic E-state index is 11.6. The van der Waals surface area contributed by atoms with Gasteiger partial charge in [0.1, 0.15) is 0 Å². The van der Waals surface area contributed by atoms with E-state index in [1.54, 1.807) is 13.1 Å². The maximum atomic E-state index is 11.6. The summed E-state index contributed by atoms with van der Waals surface area (Å²) < 4.78 is 23.2. The highest BCUT2D eigenvalue weighted by atomic mass is 32.2. The average Bonchev–Trinajstić information content (AvgIpc) is 2.45. The molecule has 0 unspecified atom stereocenters. The zero-order valence-corrected chi connectivity index (χ0v) is 14.8. The van der Waals surface area contributed by atoms with Gasteiger partial charge in [0.15, 0.2) is 15.8 Å². The fourth-order valence-electron chi connectivity index (χ4n) is 2.23. The molecule has 6 heteroatoms. The van der Waals surface area contributed by atoms with E-state index in [4.69, 9.17) is 0 Å². The molecule has 0 radical (unpaired) electrons. The number of aryl methyl sites for hydroxylation is 1. The Kier molecular flexibility index (Phi) is 7.38. The third kappa shape index (κ3) is 6.05. The Hall–Kier alpha value is -1.56. The van der Waals surface area contributed by atoms with Gasteiger partial charge in [0, 0.05) is 26.4 Å². The Morgan fingerprint density at radius 1 is 1.23 bits per heavy atom. The number of nitrogens with one attached hydrogen (secondary N) is 2. The van der Waals surface area contributed by atoms with E-state index in [9.17, 15) is 8.42 Å². The Bertz CT molecular complexity index is 610. The minimum absolute atomic E-state index is 0.387. The Morgan fingerprint density at radius 2 is 1.95 bits per heavy atom. The second kappa shape index (κ2) is 8.78. The molecule has 1 aromatic carbocycles. The van der Waals surface area contributed by atoms with Crippen LogP contribution in [0.3, 0.4) is 0 Å². The smallest absolute Gasteiger partial charge is 0.191 e. The molecular formula is C16H27N3O2S. The van der Waals surface area contributed by atoms with Gasteiger partial charge in [-0.3, -0.25) is 4.99 Å². The van der Waals surface area contributed by atoms with Crippen LogP contribution in [0, 0.1) is 6.92 Å². The lowest BCUT2D eigenvalue weighted by molar-refractivity contribution is 0.601. The first-order valence-corrected chi connectivity index (χ1v) is 9.51. The lowest BCUT2D eigenvalue weighted by Gasteiger charge is -2.13. The van der Waals surface area contributed by atoms with E-state index in [2.05, 4.69) is 22.5 Å². The van der Waals surface area contributed by atoms with Gasteiger partial charge in [0.25, 0.3) is 0 Å². The molecule has 2 N–H and O–H groups in total. The molecule has 0 spiro atoms. The summed E-state index contributed by atoms with van der Waals surface area (Å²) in [5, 5.41) is 6.51. The number of hydrogen-bond acceptors (Lipinski definition) is 3. The summed E-state index contributed by atoms with van der Waals surface area (Å²) in [5.41, 5.74) is 1.80. The monoisotopic (exact) mass is 325 g/mol. The molecule has 0 aliphatic rings. The number of aliphatic imine (C=N–C) groups is 1. The Morgan fingerprint density at radius 3 is 2.50 bits per heavy atom. The number of unbranched alkanes of at least 4 members (excludes halogenated alkanes) is 2. The van der Waals surface area contributed by atoms with E-state index >= 15 is 0 Å². The predicted molar refractivity (Wildman–Crippen MR) is 92.0 cm³/mol. The molecule has 0 atom stereocenters. The normalized spacial score (nSPS) is 12.3. The molecule has 5 nitrogen and oxygen atoms in total. The van der Waals surface area contributed by atoms with Crippen LogP contribution >= 0.6 is 0 Å². The number of guanidine groups is 1. The van der Waals surface area contributed by atoms with Crippen LogP contribution in [-0.2, 0) is 16.4 Å². The molecule has 1 aromatic rings. The Balaban J connectivity index is 2.58. The van der Waals surface area contributed by atoms with Crippen LogP contribution < -0.4 is 10.6 Å². The van der Waals surface area contributed by atoms with Crippen LogP contribution in [-0.4, -0.2) is 34.2 Å². The van der Waals surface area contributed by atoms with Crippen molar-refractivity contribution in [2.45, 2.75) is 44.6 Å². The van der Waals surface area contributed by atoms with Crippen molar-refractivity contribution in [1.82, 2.24) is 10.6 Å². The minimum Gasteiger partial charge on any atom is -0.356 e. The summed E-state index contributed by atoms with van der Waals surface area (Å²) >= 11 is 0. The number of benzene rings is 1. The van der Waals surface area contributed by atoms with E-state index in [1.807, 2.05) is 19.1 Å². The van der Waals surface area contributed by atoms with Gasteiger partial charge in [-0.1, -0.05) is 31.9 Å². The van der Waals surface area contributed by atoms with Crippen LogP contribution in [0.25, 0.3) is 0 Å². The number of sulfone groups is 1. The SMILES string of the molecule is CCCCCNC(=NC)NCc1ccc(S(C)(=O)=O)c(C)c1. The first-order chi connectivity index (χ1) is 10.4. The lowest BCUT2D eigenvalue weighted by Crippen LogP contribution is -2.37. The van der Waals surface area contributed by atoms with Crippen molar-refractivity contribution in [3.8, 4) is 0 Å². The van der Waals surface area contributed by atoms with Crippen LogP contribution in [0.4, 0.5) is 0 Å². The van der Waals surface area contributed by atoms with E-state index in [1.165, 1.54) is 19.1 Å². The molecule has 124 valence electrons. The van der Waals surface area contributed by atoms with E-state index in [0.717, 1.165) is 30.1 Å². The van der Waals surface area contributed by atoms with Crippen molar-refractivity contribution >= 4 is 15.8 Å². The molecular weight excluding hydrogens is 298 g/mol.